The fourth-order valence-electron chi connectivity index (χ4n) is 3.21. The van der Waals surface area contributed by atoms with Crippen molar-refractivity contribution in [1.29, 1.82) is 0 Å². The van der Waals surface area contributed by atoms with Gasteiger partial charge in [-0.15, -0.1) is 0 Å². The molecule has 0 spiro atoms. The van der Waals surface area contributed by atoms with Crippen LogP contribution in [0.25, 0.3) is 0 Å². The van der Waals surface area contributed by atoms with E-state index in [2.05, 4.69) is 0 Å². The van der Waals surface area contributed by atoms with E-state index in [9.17, 15) is 13.5 Å². The van der Waals surface area contributed by atoms with E-state index in [0.717, 1.165) is 12.8 Å². The Bertz CT molecular complexity index is 635. The number of nitrogens with zero attached hydrogens (tertiary/aromatic N) is 1. The summed E-state index contributed by atoms with van der Waals surface area (Å²) in [7, 11) is -3.65. The Hall–Kier alpha value is -0.330. The molecule has 1 saturated carbocycles. The van der Waals surface area contributed by atoms with Crippen molar-refractivity contribution in [2.24, 2.45) is 11.8 Å². The lowest BCUT2D eigenvalue weighted by atomic mass is 10.00. The lowest BCUT2D eigenvalue weighted by molar-refractivity contribution is 0.129. The van der Waals surface area contributed by atoms with E-state index in [1.54, 1.807) is 6.07 Å². The lowest BCUT2D eigenvalue weighted by Crippen LogP contribution is -2.31. The van der Waals surface area contributed by atoms with Crippen LogP contribution >= 0.6 is 23.2 Å². The Morgan fingerprint density at radius 3 is 2.65 bits per heavy atom. The zero-order chi connectivity index (χ0) is 14.5. The quantitative estimate of drug-likeness (QED) is 0.902. The van der Waals surface area contributed by atoms with Crippen molar-refractivity contribution >= 4 is 33.2 Å². The summed E-state index contributed by atoms with van der Waals surface area (Å²) < 4.78 is 26.7. The number of hydrogen-bond donors (Lipinski definition) is 1. The van der Waals surface area contributed by atoms with E-state index in [1.165, 1.54) is 16.4 Å². The fraction of sp³-hybridized carbons (Fsp3) is 0.538. The summed E-state index contributed by atoms with van der Waals surface area (Å²) in [6.07, 6.45) is 1.25. The number of hydrogen-bond acceptors (Lipinski definition) is 3. The minimum atomic E-state index is -3.65. The molecule has 1 aliphatic heterocycles. The molecule has 1 N–H and O–H groups in total. The predicted octanol–water partition coefficient (Wildman–Crippen LogP) is 2.38. The van der Waals surface area contributed by atoms with Gasteiger partial charge in [-0.1, -0.05) is 23.2 Å². The van der Waals surface area contributed by atoms with Crippen molar-refractivity contribution in [3.05, 3.63) is 28.2 Å². The van der Waals surface area contributed by atoms with E-state index < -0.39 is 16.1 Å². The van der Waals surface area contributed by atoms with Crippen LogP contribution in [0.2, 0.25) is 10.0 Å². The van der Waals surface area contributed by atoms with Gasteiger partial charge in [-0.25, -0.2) is 8.42 Å². The minimum absolute atomic E-state index is 0.0427. The van der Waals surface area contributed by atoms with Gasteiger partial charge < -0.3 is 5.11 Å². The highest BCUT2D eigenvalue weighted by atomic mass is 35.5. The highest BCUT2D eigenvalue weighted by Gasteiger charge is 2.46. The number of halogens is 2. The Morgan fingerprint density at radius 1 is 1.20 bits per heavy atom. The van der Waals surface area contributed by atoms with Crippen molar-refractivity contribution in [3.63, 3.8) is 0 Å². The molecule has 4 nitrogen and oxygen atoms in total. The van der Waals surface area contributed by atoms with Crippen LogP contribution in [-0.4, -0.2) is 37.0 Å². The van der Waals surface area contributed by atoms with Crippen LogP contribution in [0.1, 0.15) is 12.8 Å². The van der Waals surface area contributed by atoms with Gasteiger partial charge in [0, 0.05) is 24.0 Å². The fourth-order valence-corrected chi connectivity index (χ4v) is 5.48. The summed E-state index contributed by atoms with van der Waals surface area (Å²) in [6, 6.07) is 4.43. The molecular formula is C13H15Cl2NO3S. The molecule has 0 radical (unpaired) electrons. The summed E-state index contributed by atoms with van der Waals surface area (Å²) in [6.45, 7) is 0.809. The Morgan fingerprint density at radius 2 is 1.95 bits per heavy atom. The standard InChI is InChI=1S/C13H15Cl2NO3S/c14-9-2-3-11(15)13(5-9)20(18,19)16-6-8-1-4-12(17)10(8)7-16/h2-3,5,8,10,12,17H,1,4,6-7H2. The first kappa shape index (κ1) is 14.6. The normalized spacial score (nSPS) is 30.6. The third-order valence-electron chi connectivity index (χ3n) is 4.30. The van der Waals surface area contributed by atoms with Crippen molar-refractivity contribution < 1.29 is 13.5 Å². The second kappa shape index (κ2) is 5.14. The zero-order valence-electron chi connectivity index (χ0n) is 10.7. The largest absolute Gasteiger partial charge is 0.393 e. The molecule has 2 fully saturated rings. The van der Waals surface area contributed by atoms with Gasteiger partial charge in [0.1, 0.15) is 4.90 Å². The molecule has 1 aromatic carbocycles. The van der Waals surface area contributed by atoms with Gasteiger partial charge in [0.25, 0.3) is 0 Å². The zero-order valence-corrected chi connectivity index (χ0v) is 13.0. The summed E-state index contributed by atoms with van der Waals surface area (Å²) in [5, 5.41) is 10.4. The van der Waals surface area contributed by atoms with Crippen LogP contribution in [0, 0.1) is 11.8 Å². The Kier molecular flexibility index (Phi) is 3.75. The van der Waals surface area contributed by atoms with Crippen molar-refractivity contribution in [1.82, 2.24) is 4.31 Å². The number of rotatable bonds is 2. The summed E-state index contributed by atoms with van der Waals surface area (Å²) in [4.78, 5) is 0.0427. The van der Waals surface area contributed by atoms with E-state index in [4.69, 9.17) is 23.2 Å². The molecule has 3 unspecified atom stereocenters. The van der Waals surface area contributed by atoms with Crippen LogP contribution in [0.3, 0.4) is 0 Å². The smallest absolute Gasteiger partial charge is 0.244 e. The summed E-state index contributed by atoms with van der Waals surface area (Å²) >= 11 is 11.9. The topological polar surface area (TPSA) is 57.6 Å². The van der Waals surface area contributed by atoms with Crippen LogP contribution in [-0.2, 0) is 10.0 Å². The van der Waals surface area contributed by atoms with E-state index in [-0.39, 0.29) is 21.8 Å². The lowest BCUT2D eigenvalue weighted by Gasteiger charge is -2.19. The molecule has 20 heavy (non-hydrogen) atoms. The maximum atomic E-state index is 12.6. The third kappa shape index (κ3) is 2.35. The Labute approximate surface area is 128 Å². The van der Waals surface area contributed by atoms with E-state index >= 15 is 0 Å². The van der Waals surface area contributed by atoms with Crippen LogP contribution in [0.5, 0.6) is 0 Å². The second-order valence-corrected chi connectivity index (χ2v) is 8.22. The first-order chi connectivity index (χ1) is 9.39. The molecule has 3 atom stereocenters. The molecule has 0 bridgehead atoms. The number of fused-ring (bicyclic) bond motifs is 1. The van der Waals surface area contributed by atoms with Crippen LogP contribution < -0.4 is 0 Å². The minimum Gasteiger partial charge on any atom is -0.393 e. The number of sulfonamides is 1. The van der Waals surface area contributed by atoms with Gasteiger partial charge in [0.05, 0.1) is 11.1 Å². The van der Waals surface area contributed by atoms with Crippen LogP contribution in [0.15, 0.2) is 23.1 Å². The molecule has 7 heteroatoms. The van der Waals surface area contributed by atoms with E-state index in [1.807, 2.05) is 0 Å². The van der Waals surface area contributed by atoms with Crippen molar-refractivity contribution in [2.75, 3.05) is 13.1 Å². The van der Waals surface area contributed by atoms with Gasteiger partial charge >= 0.3 is 0 Å². The van der Waals surface area contributed by atoms with Crippen molar-refractivity contribution in [3.8, 4) is 0 Å². The predicted molar refractivity (Wildman–Crippen MR) is 77.4 cm³/mol. The van der Waals surface area contributed by atoms with Gasteiger partial charge in [-0.3, -0.25) is 0 Å². The van der Waals surface area contributed by atoms with Gasteiger partial charge in [-0.2, -0.15) is 4.31 Å². The first-order valence-electron chi connectivity index (χ1n) is 6.53. The number of benzene rings is 1. The average molecular weight is 336 g/mol. The molecule has 0 aromatic heterocycles. The molecule has 1 aliphatic carbocycles. The van der Waals surface area contributed by atoms with Crippen LogP contribution in [0.4, 0.5) is 0 Å². The highest BCUT2D eigenvalue weighted by Crippen LogP contribution is 2.41. The molecule has 110 valence electrons. The van der Waals surface area contributed by atoms with Gasteiger partial charge in [0.15, 0.2) is 0 Å². The number of aliphatic hydroxyl groups is 1. The van der Waals surface area contributed by atoms with Gasteiger partial charge in [-0.05, 0) is 37.0 Å². The van der Waals surface area contributed by atoms with E-state index in [0.29, 0.717) is 18.1 Å². The first-order valence-corrected chi connectivity index (χ1v) is 8.72. The summed E-state index contributed by atoms with van der Waals surface area (Å²) in [5.74, 6) is 0.292. The SMILES string of the molecule is O=S(=O)(c1cc(Cl)ccc1Cl)N1CC2CCC(O)C2C1. The van der Waals surface area contributed by atoms with Crippen molar-refractivity contribution in [2.45, 2.75) is 23.8 Å². The summed E-state index contributed by atoms with van der Waals surface area (Å²) in [5.41, 5.74) is 0. The molecule has 1 heterocycles. The second-order valence-electron chi connectivity index (χ2n) is 5.47. The maximum Gasteiger partial charge on any atom is 0.244 e. The monoisotopic (exact) mass is 335 g/mol. The van der Waals surface area contributed by atoms with Gasteiger partial charge in [0.2, 0.25) is 10.0 Å². The molecule has 2 aliphatic rings. The number of aliphatic hydroxyl groups excluding tert-OH is 1. The molecular weight excluding hydrogens is 321 g/mol. The average Bonchev–Trinajstić information content (AvgIpc) is 2.95. The molecule has 1 saturated heterocycles. The molecule has 3 rings (SSSR count). The highest BCUT2D eigenvalue weighted by molar-refractivity contribution is 7.89. The molecule has 0 amide bonds. The third-order valence-corrected chi connectivity index (χ3v) is 6.84. The molecule has 1 aromatic rings. The maximum absolute atomic E-state index is 12.6. The Balaban J connectivity index is 1.92.